The molecule has 0 radical (unpaired) electrons. The number of nitrogens with two attached hydrogens (primary N) is 1. The fourth-order valence-electron chi connectivity index (χ4n) is 5.00. The van der Waals surface area contributed by atoms with Gasteiger partial charge in [0, 0.05) is 35.1 Å². The van der Waals surface area contributed by atoms with E-state index in [4.69, 9.17) is 22.1 Å². The molecule has 2 aliphatic heterocycles. The predicted molar refractivity (Wildman–Crippen MR) is 157 cm³/mol. The molecule has 0 saturated carbocycles. The molecule has 14 heteroatoms. The lowest BCUT2D eigenvalue weighted by Gasteiger charge is -2.41. The zero-order chi connectivity index (χ0) is 28.3. The van der Waals surface area contributed by atoms with Crippen molar-refractivity contribution in [1.82, 2.24) is 14.7 Å². The molecule has 0 amide bonds. The first-order valence-corrected chi connectivity index (χ1v) is 15.5. The van der Waals surface area contributed by atoms with Crippen molar-refractivity contribution in [2.45, 2.75) is 48.2 Å². The summed E-state index contributed by atoms with van der Waals surface area (Å²) in [6, 6.07) is 13.7. The van der Waals surface area contributed by atoms with Crippen LogP contribution in [0.3, 0.4) is 0 Å². The first-order valence-electron chi connectivity index (χ1n) is 12.8. The zero-order valence-electron chi connectivity index (χ0n) is 21.8. The van der Waals surface area contributed by atoms with Crippen molar-refractivity contribution in [2.75, 3.05) is 34.6 Å². The van der Waals surface area contributed by atoms with Crippen LogP contribution < -0.4 is 25.4 Å². The molecule has 3 atom stereocenters. The number of nitrogens with one attached hydrogen (secondary N) is 3. The summed E-state index contributed by atoms with van der Waals surface area (Å²) in [5, 5.41) is 13.6. The molecule has 2 saturated heterocycles. The van der Waals surface area contributed by atoms with Crippen molar-refractivity contribution in [3.8, 4) is 0 Å². The number of hydrogen-bond donors (Lipinski definition) is 5. The van der Waals surface area contributed by atoms with Gasteiger partial charge in [-0.25, -0.2) is 9.97 Å². The van der Waals surface area contributed by atoms with Crippen molar-refractivity contribution in [1.29, 1.82) is 0 Å². The molecule has 2 aliphatic rings. The number of aromatic nitrogens is 2. The Bertz CT molecular complexity index is 1410. The lowest BCUT2D eigenvalue weighted by Crippen LogP contribution is -2.50. The highest BCUT2D eigenvalue weighted by Crippen LogP contribution is 2.42. The van der Waals surface area contributed by atoms with Crippen LogP contribution in [0.5, 0.6) is 0 Å². The number of aliphatic hydroxyl groups excluding tert-OH is 1. The number of piperidine rings is 1. The van der Waals surface area contributed by atoms with Crippen LogP contribution in [0, 0.1) is 5.41 Å². The highest BCUT2D eigenvalue weighted by atomic mass is 35.5. The second kappa shape index (κ2) is 12.1. The Hall–Kier alpha value is -2.65. The fourth-order valence-corrected chi connectivity index (χ4v) is 7.00. The maximum absolute atomic E-state index is 12.6. The van der Waals surface area contributed by atoms with E-state index in [1.165, 1.54) is 17.8 Å². The van der Waals surface area contributed by atoms with Crippen molar-refractivity contribution >= 4 is 50.8 Å². The third kappa shape index (κ3) is 6.62. The average molecular weight is 606 g/mol. The Balaban J connectivity index is 1.18. The van der Waals surface area contributed by atoms with Crippen LogP contribution in [0.4, 0.5) is 17.2 Å². The van der Waals surface area contributed by atoms with Crippen LogP contribution >= 0.6 is 23.4 Å². The van der Waals surface area contributed by atoms with E-state index in [0.29, 0.717) is 22.2 Å². The molecule has 1 spiro atoms. The minimum Gasteiger partial charge on any atom is -0.376 e. The van der Waals surface area contributed by atoms with Gasteiger partial charge in [-0.3, -0.25) is 4.72 Å². The molecule has 1 aromatic heterocycles. The summed E-state index contributed by atoms with van der Waals surface area (Å²) in [7, 11) is -4.15. The average Bonchev–Trinajstić information content (AvgIpc) is 3.20. The molecular weight excluding hydrogens is 574 g/mol. The van der Waals surface area contributed by atoms with Gasteiger partial charge in [-0.2, -0.15) is 13.1 Å². The van der Waals surface area contributed by atoms with Crippen LogP contribution in [0.15, 0.2) is 70.8 Å². The van der Waals surface area contributed by atoms with Gasteiger partial charge in [0.2, 0.25) is 0 Å². The normalized spacial score (nSPS) is 21.4. The Morgan fingerprint density at radius 2 is 1.90 bits per heavy atom. The molecule has 1 unspecified atom stereocenters. The smallest absolute Gasteiger partial charge is 0.302 e. The lowest BCUT2D eigenvalue weighted by molar-refractivity contribution is 0.0974. The molecule has 3 heterocycles. The van der Waals surface area contributed by atoms with E-state index in [9.17, 15) is 13.5 Å². The number of halogens is 1. The van der Waals surface area contributed by atoms with E-state index in [0.717, 1.165) is 31.7 Å². The number of benzene rings is 2. The van der Waals surface area contributed by atoms with Gasteiger partial charge in [0.15, 0.2) is 6.35 Å². The Labute approximate surface area is 243 Å². The number of rotatable bonds is 9. The number of nitrogens with zero attached hydrogens (tertiary/aromatic N) is 3. The van der Waals surface area contributed by atoms with Gasteiger partial charge >= 0.3 is 10.2 Å². The third-order valence-electron chi connectivity index (χ3n) is 7.31. The van der Waals surface area contributed by atoms with Gasteiger partial charge in [-0.1, -0.05) is 47.6 Å². The first-order chi connectivity index (χ1) is 19.1. The molecule has 214 valence electrons. The molecular formula is C26H32ClN7O4S2. The summed E-state index contributed by atoms with van der Waals surface area (Å²) in [6.45, 7) is 4.42. The van der Waals surface area contributed by atoms with E-state index in [-0.39, 0.29) is 28.3 Å². The predicted octanol–water partition coefficient (Wildman–Crippen LogP) is 3.25. The van der Waals surface area contributed by atoms with Crippen molar-refractivity contribution in [3.05, 3.63) is 65.9 Å². The highest BCUT2D eigenvalue weighted by Gasteiger charge is 2.47. The Morgan fingerprint density at radius 1 is 1.15 bits per heavy atom. The van der Waals surface area contributed by atoms with Gasteiger partial charge in [-0.05, 0) is 44.0 Å². The van der Waals surface area contributed by atoms with Gasteiger partial charge < -0.3 is 25.8 Å². The van der Waals surface area contributed by atoms with Crippen molar-refractivity contribution in [2.24, 2.45) is 11.1 Å². The van der Waals surface area contributed by atoms with Crippen LogP contribution in [0.2, 0.25) is 5.02 Å². The van der Waals surface area contributed by atoms with E-state index in [2.05, 4.69) is 29.6 Å². The summed E-state index contributed by atoms with van der Waals surface area (Å²) in [4.78, 5) is 12.0. The van der Waals surface area contributed by atoms with E-state index in [1.807, 2.05) is 13.0 Å². The number of para-hydroxylation sites is 1. The molecule has 3 aromatic rings. The molecule has 40 heavy (non-hydrogen) atoms. The molecule has 0 aliphatic carbocycles. The number of anilines is 3. The monoisotopic (exact) mass is 605 g/mol. The standard InChI is InChI=1S/C26H32ClN7O4S2/c1-17-24(28)26(16-38-17)10-12-34(13-11-26)21-14-30-22(15-29-21)39-20-9-5-8-19(23(20)27)32-40(36,37)33-25(35)31-18-6-3-2-4-7-18/h2-9,14-15,17,24-25,31-33,35H,10-13,16,28H2,1H3/t17-,24+,25?/m0/s1. The van der Waals surface area contributed by atoms with Crippen LogP contribution in [-0.4, -0.2) is 61.7 Å². The fraction of sp³-hybridized carbons (Fsp3) is 0.385. The van der Waals surface area contributed by atoms with E-state index >= 15 is 0 Å². The molecule has 6 N–H and O–H groups in total. The molecule has 2 aromatic carbocycles. The summed E-state index contributed by atoms with van der Waals surface area (Å²) in [5.41, 5.74) is 7.17. The zero-order valence-corrected chi connectivity index (χ0v) is 24.2. The van der Waals surface area contributed by atoms with Gasteiger partial charge in [-0.15, -0.1) is 0 Å². The summed E-state index contributed by atoms with van der Waals surface area (Å²) < 4.78 is 35.5. The maximum Gasteiger partial charge on any atom is 0.302 e. The van der Waals surface area contributed by atoms with E-state index in [1.54, 1.807) is 48.8 Å². The van der Waals surface area contributed by atoms with Gasteiger partial charge in [0.1, 0.15) is 10.8 Å². The van der Waals surface area contributed by atoms with Crippen LogP contribution in [0.25, 0.3) is 0 Å². The number of aliphatic hydroxyl groups is 1. The first kappa shape index (κ1) is 28.9. The minimum atomic E-state index is -4.15. The second-order valence-corrected chi connectivity index (χ2v) is 12.8. The molecule has 2 fully saturated rings. The molecule has 0 bridgehead atoms. The summed E-state index contributed by atoms with van der Waals surface area (Å²) in [5.74, 6) is 0.793. The molecule has 11 nitrogen and oxygen atoms in total. The quantitative estimate of drug-likeness (QED) is 0.230. The van der Waals surface area contributed by atoms with Crippen LogP contribution in [-0.2, 0) is 14.9 Å². The van der Waals surface area contributed by atoms with Crippen molar-refractivity contribution < 1.29 is 18.3 Å². The van der Waals surface area contributed by atoms with Gasteiger partial charge in [0.25, 0.3) is 0 Å². The largest absolute Gasteiger partial charge is 0.376 e. The lowest BCUT2D eigenvalue weighted by atomic mass is 9.73. The van der Waals surface area contributed by atoms with Crippen LogP contribution in [0.1, 0.15) is 19.8 Å². The second-order valence-electron chi connectivity index (χ2n) is 9.96. The SMILES string of the molecule is C[C@@H]1OCC2(CCN(c3cnc(Sc4cccc(NS(=O)(=O)NC(O)Nc5ccccc5)c4Cl)cn3)CC2)[C@@H]1N. The number of ether oxygens (including phenoxy) is 1. The minimum absolute atomic E-state index is 0.0361. The highest BCUT2D eigenvalue weighted by molar-refractivity contribution is 7.99. The topological polar surface area (TPSA) is 155 Å². The Morgan fingerprint density at radius 3 is 2.55 bits per heavy atom. The van der Waals surface area contributed by atoms with E-state index < -0.39 is 16.6 Å². The molecule has 5 rings (SSSR count). The Kier molecular flexibility index (Phi) is 8.71. The van der Waals surface area contributed by atoms with Gasteiger partial charge in [0.05, 0.1) is 35.8 Å². The summed E-state index contributed by atoms with van der Waals surface area (Å²) >= 11 is 7.80. The maximum atomic E-state index is 12.6. The van der Waals surface area contributed by atoms with Crippen molar-refractivity contribution in [3.63, 3.8) is 0 Å². The summed E-state index contributed by atoms with van der Waals surface area (Å²) in [6.07, 6.45) is 3.84. The third-order valence-corrected chi connectivity index (χ3v) is 9.83. The number of hydrogen-bond acceptors (Lipinski definition) is 10.